The topological polar surface area (TPSA) is 56.5 Å². The van der Waals surface area contributed by atoms with Crippen LogP contribution in [0.15, 0.2) is 84.3 Å². The van der Waals surface area contributed by atoms with Crippen molar-refractivity contribution in [2.45, 2.75) is 17.8 Å². The van der Waals surface area contributed by atoms with Gasteiger partial charge in [0.25, 0.3) is 0 Å². The highest BCUT2D eigenvalue weighted by Gasteiger charge is 2.18. The minimum Gasteiger partial charge on any atom is -0.270 e. The van der Waals surface area contributed by atoms with Crippen molar-refractivity contribution in [3.05, 3.63) is 95.4 Å². The van der Waals surface area contributed by atoms with E-state index in [9.17, 15) is 0 Å². The molecule has 5 nitrogen and oxygen atoms in total. The largest absolute Gasteiger partial charge is 0.270 e. The van der Waals surface area contributed by atoms with Gasteiger partial charge in [0, 0.05) is 34.8 Å². The van der Waals surface area contributed by atoms with E-state index in [0.717, 1.165) is 44.4 Å². The Balaban J connectivity index is 1.54. The van der Waals surface area contributed by atoms with Crippen LogP contribution in [0.4, 0.5) is 0 Å². The zero-order chi connectivity index (χ0) is 21.2. The molecule has 3 aromatic heterocycles. The van der Waals surface area contributed by atoms with Gasteiger partial charge in [-0.3, -0.25) is 14.5 Å². The Kier molecular flexibility index (Phi) is 5.40. The second-order valence-electron chi connectivity index (χ2n) is 7.02. The van der Waals surface area contributed by atoms with Crippen LogP contribution in [0, 0.1) is 6.92 Å². The molecule has 0 aliphatic carbocycles. The molecular formula is C24H18ClN5S. The van der Waals surface area contributed by atoms with Crippen LogP contribution in [0.2, 0.25) is 5.02 Å². The smallest absolute Gasteiger partial charge is 0.196 e. The normalized spacial score (nSPS) is 11.2. The first-order valence-corrected chi connectivity index (χ1v) is 11.2. The molecule has 2 aromatic carbocycles. The van der Waals surface area contributed by atoms with Crippen molar-refractivity contribution in [3.8, 4) is 17.1 Å². The fourth-order valence-electron chi connectivity index (χ4n) is 3.51. The minimum absolute atomic E-state index is 0.589. The number of halogens is 1. The molecule has 0 spiro atoms. The summed E-state index contributed by atoms with van der Waals surface area (Å²) in [6, 6.07) is 22.0. The molecule has 0 saturated carbocycles. The van der Waals surface area contributed by atoms with Crippen LogP contribution in [0.25, 0.3) is 28.0 Å². The first-order chi connectivity index (χ1) is 15.2. The number of hydrogen-bond donors (Lipinski definition) is 0. The Morgan fingerprint density at radius 2 is 1.65 bits per heavy atom. The van der Waals surface area contributed by atoms with Crippen molar-refractivity contribution in [1.29, 1.82) is 0 Å². The highest BCUT2D eigenvalue weighted by Crippen LogP contribution is 2.33. The molecule has 0 aliphatic heterocycles. The Bertz CT molecular complexity index is 1350. The second kappa shape index (κ2) is 8.49. The Hall–Kier alpha value is -3.22. The van der Waals surface area contributed by atoms with Crippen LogP contribution in [0.5, 0.6) is 0 Å². The number of benzene rings is 2. The molecule has 3 heterocycles. The van der Waals surface area contributed by atoms with E-state index >= 15 is 0 Å². The van der Waals surface area contributed by atoms with E-state index in [4.69, 9.17) is 16.6 Å². The van der Waals surface area contributed by atoms with Gasteiger partial charge >= 0.3 is 0 Å². The van der Waals surface area contributed by atoms with Crippen LogP contribution in [0.1, 0.15) is 11.3 Å². The van der Waals surface area contributed by atoms with Crippen LogP contribution >= 0.6 is 23.4 Å². The third-order valence-corrected chi connectivity index (χ3v) is 6.51. The van der Waals surface area contributed by atoms with Crippen molar-refractivity contribution >= 4 is 34.3 Å². The minimum atomic E-state index is 0.589. The van der Waals surface area contributed by atoms with Crippen molar-refractivity contribution < 1.29 is 0 Å². The maximum Gasteiger partial charge on any atom is 0.196 e. The van der Waals surface area contributed by atoms with Crippen LogP contribution in [-0.2, 0) is 5.75 Å². The van der Waals surface area contributed by atoms with Crippen molar-refractivity contribution in [2.75, 3.05) is 0 Å². The number of aryl methyl sites for hydroxylation is 1. The van der Waals surface area contributed by atoms with E-state index in [-0.39, 0.29) is 0 Å². The van der Waals surface area contributed by atoms with E-state index in [1.807, 2.05) is 73.7 Å². The van der Waals surface area contributed by atoms with Crippen molar-refractivity contribution in [1.82, 2.24) is 24.7 Å². The zero-order valence-corrected chi connectivity index (χ0v) is 18.3. The Morgan fingerprint density at radius 1 is 0.903 bits per heavy atom. The number of hydrogen-bond acceptors (Lipinski definition) is 5. The van der Waals surface area contributed by atoms with Crippen LogP contribution in [-0.4, -0.2) is 24.7 Å². The van der Waals surface area contributed by atoms with Gasteiger partial charge in [-0.25, -0.2) is 0 Å². The van der Waals surface area contributed by atoms with E-state index in [0.29, 0.717) is 10.8 Å². The van der Waals surface area contributed by atoms with E-state index in [1.165, 1.54) is 0 Å². The van der Waals surface area contributed by atoms with Gasteiger partial charge < -0.3 is 0 Å². The number of aromatic nitrogens is 5. The summed E-state index contributed by atoms with van der Waals surface area (Å²) in [5.74, 6) is 1.36. The number of rotatable bonds is 5. The third kappa shape index (κ3) is 3.80. The molecule has 152 valence electrons. The summed E-state index contributed by atoms with van der Waals surface area (Å²) < 4.78 is 2.06. The standard InChI is InChI=1S/C24H18ClN5S/c1-16-19-9-5-6-10-20(19)27-21(22(16)25)15-31-24-29-28-23(17-11-13-26-14-12-17)30(24)18-7-3-2-4-8-18/h2-14H,15H2,1H3. The number of nitrogens with zero attached hydrogens (tertiary/aromatic N) is 5. The molecule has 5 aromatic rings. The van der Waals surface area contributed by atoms with Gasteiger partial charge in [-0.15, -0.1) is 10.2 Å². The van der Waals surface area contributed by atoms with Crippen LogP contribution in [0.3, 0.4) is 0 Å². The lowest BCUT2D eigenvalue weighted by Gasteiger charge is -2.12. The zero-order valence-electron chi connectivity index (χ0n) is 16.7. The Morgan fingerprint density at radius 3 is 2.45 bits per heavy atom. The molecule has 0 saturated heterocycles. The molecule has 0 fully saturated rings. The third-order valence-electron chi connectivity index (χ3n) is 5.07. The number of fused-ring (bicyclic) bond motifs is 1. The van der Waals surface area contributed by atoms with Gasteiger partial charge in [0.05, 0.1) is 16.2 Å². The summed E-state index contributed by atoms with van der Waals surface area (Å²) >= 11 is 8.24. The number of para-hydroxylation sites is 2. The van der Waals surface area contributed by atoms with Gasteiger partial charge in [0.1, 0.15) is 0 Å². The molecule has 0 unspecified atom stereocenters. The molecule has 5 rings (SSSR count). The highest BCUT2D eigenvalue weighted by molar-refractivity contribution is 7.98. The average Bonchev–Trinajstić information content (AvgIpc) is 3.25. The SMILES string of the molecule is Cc1c(Cl)c(CSc2nnc(-c3ccncc3)n2-c2ccccc2)nc2ccccc12. The quantitative estimate of drug-likeness (QED) is 0.306. The van der Waals surface area contributed by atoms with E-state index < -0.39 is 0 Å². The summed E-state index contributed by atoms with van der Waals surface area (Å²) in [4.78, 5) is 8.91. The lowest BCUT2D eigenvalue weighted by Crippen LogP contribution is -2.00. The molecule has 0 bridgehead atoms. The molecule has 0 atom stereocenters. The maximum absolute atomic E-state index is 6.67. The summed E-state index contributed by atoms with van der Waals surface area (Å²) in [5.41, 5.74) is 4.79. The molecule has 0 N–H and O–H groups in total. The lowest BCUT2D eigenvalue weighted by molar-refractivity contribution is 0.885. The molecule has 0 radical (unpaired) electrons. The first-order valence-electron chi connectivity index (χ1n) is 9.80. The first kappa shape index (κ1) is 19.7. The monoisotopic (exact) mass is 443 g/mol. The van der Waals surface area contributed by atoms with Gasteiger partial charge in [0.15, 0.2) is 11.0 Å². The number of pyridine rings is 2. The summed E-state index contributed by atoms with van der Waals surface area (Å²) in [6.07, 6.45) is 3.52. The fraction of sp³-hybridized carbons (Fsp3) is 0.0833. The van der Waals surface area contributed by atoms with E-state index in [2.05, 4.69) is 19.7 Å². The molecule has 0 aliphatic rings. The van der Waals surface area contributed by atoms with Crippen LogP contribution < -0.4 is 0 Å². The predicted molar refractivity (Wildman–Crippen MR) is 126 cm³/mol. The number of thioether (sulfide) groups is 1. The predicted octanol–water partition coefficient (Wildman–Crippen LogP) is 6.13. The lowest BCUT2D eigenvalue weighted by atomic mass is 10.1. The molecule has 31 heavy (non-hydrogen) atoms. The van der Waals surface area contributed by atoms with Gasteiger partial charge in [-0.05, 0) is 42.8 Å². The molecular weight excluding hydrogens is 426 g/mol. The maximum atomic E-state index is 6.67. The Labute approximate surface area is 189 Å². The average molecular weight is 444 g/mol. The summed E-state index contributed by atoms with van der Waals surface area (Å²) in [5, 5.41) is 11.5. The molecule has 0 amide bonds. The van der Waals surface area contributed by atoms with Gasteiger partial charge in [-0.2, -0.15) is 0 Å². The van der Waals surface area contributed by atoms with Crippen molar-refractivity contribution in [2.24, 2.45) is 0 Å². The second-order valence-corrected chi connectivity index (χ2v) is 8.34. The fourth-order valence-corrected chi connectivity index (χ4v) is 4.69. The molecule has 7 heteroatoms. The highest BCUT2D eigenvalue weighted by atomic mass is 35.5. The van der Waals surface area contributed by atoms with Gasteiger partial charge in [-0.1, -0.05) is 59.8 Å². The van der Waals surface area contributed by atoms with E-state index in [1.54, 1.807) is 24.2 Å². The van der Waals surface area contributed by atoms with Gasteiger partial charge in [0.2, 0.25) is 0 Å². The summed E-state index contributed by atoms with van der Waals surface area (Å²) in [6.45, 7) is 2.04. The summed E-state index contributed by atoms with van der Waals surface area (Å²) in [7, 11) is 0. The van der Waals surface area contributed by atoms with Crippen molar-refractivity contribution in [3.63, 3.8) is 0 Å².